The fraction of sp³-hybridized carbons (Fsp3) is 0.176. The minimum atomic E-state index is -1.25. The van der Waals surface area contributed by atoms with Crippen molar-refractivity contribution in [2.45, 2.75) is 12.3 Å². The summed E-state index contributed by atoms with van der Waals surface area (Å²) in [7, 11) is 0. The number of ether oxygens (including phenoxy) is 1. The van der Waals surface area contributed by atoms with Crippen molar-refractivity contribution in [3.8, 4) is 5.75 Å². The van der Waals surface area contributed by atoms with Crippen LogP contribution in [-0.2, 0) is 0 Å². The molecule has 0 spiro atoms. The standard InChI is InChI=1S/C17H16FNOS/c18-14(11-19)17(12-5-2-1-3-6-12)20-15-7-4-8-16-13(15)9-10-21-16/h1-10,14,17H,11,19H2/t14-,17-/m0/s1. The van der Waals surface area contributed by atoms with Gasteiger partial charge in [-0.15, -0.1) is 11.3 Å². The molecule has 0 saturated heterocycles. The Morgan fingerprint density at radius 3 is 2.62 bits per heavy atom. The Morgan fingerprint density at radius 1 is 1.05 bits per heavy atom. The minimum absolute atomic E-state index is 0.0703. The number of fused-ring (bicyclic) bond motifs is 1. The SMILES string of the molecule is NC[C@H](F)[C@@H](Oc1cccc2sccc12)c1ccccc1. The van der Waals surface area contributed by atoms with E-state index < -0.39 is 12.3 Å². The zero-order valence-corrected chi connectivity index (χ0v) is 12.2. The van der Waals surface area contributed by atoms with Crippen molar-refractivity contribution >= 4 is 21.4 Å². The van der Waals surface area contributed by atoms with E-state index in [9.17, 15) is 4.39 Å². The zero-order chi connectivity index (χ0) is 14.7. The van der Waals surface area contributed by atoms with Gasteiger partial charge in [-0.3, -0.25) is 0 Å². The van der Waals surface area contributed by atoms with E-state index >= 15 is 0 Å². The van der Waals surface area contributed by atoms with Gasteiger partial charge in [0, 0.05) is 16.6 Å². The third kappa shape index (κ3) is 2.91. The molecule has 0 bridgehead atoms. The monoisotopic (exact) mass is 301 g/mol. The maximum Gasteiger partial charge on any atom is 0.156 e. The Kier molecular flexibility index (Phi) is 4.18. The van der Waals surface area contributed by atoms with Crippen molar-refractivity contribution in [1.29, 1.82) is 0 Å². The second-order valence-electron chi connectivity index (χ2n) is 4.79. The number of hydrogen-bond acceptors (Lipinski definition) is 3. The van der Waals surface area contributed by atoms with Crippen molar-refractivity contribution in [3.63, 3.8) is 0 Å². The first-order valence-corrected chi connectivity index (χ1v) is 7.69. The molecule has 2 nitrogen and oxygen atoms in total. The van der Waals surface area contributed by atoms with E-state index in [1.807, 2.05) is 60.0 Å². The molecule has 3 aromatic rings. The van der Waals surface area contributed by atoms with Gasteiger partial charge in [0.15, 0.2) is 12.3 Å². The Balaban J connectivity index is 1.97. The molecule has 0 amide bonds. The molecule has 0 aliphatic heterocycles. The van der Waals surface area contributed by atoms with Crippen molar-refractivity contribution in [2.75, 3.05) is 6.54 Å². The fourth-order valence-electron chi connectivity index (χ4n) is 2.32. The largest absolute Gasteiger partial charge is 0.482 e. The molecule has 0 aliphatic carbocycles. The highest BCUT2D eigenvalue weighted by atomic mass is 32.1. The molecular formula is C17H16FNOS. The van der Waals surface area contributed by atoms with Crippen LogP contribution in [0.25, 0.3) is 10.1 Å². The predicted molar refractivity (Wildman–Crippen MR) is 85.6 cm³/mol. The molecule has 2 N–H and O–H groups in total. The van der Waals surface area contributed by atoms with Crippen LogP contribution in [0.3, 0.4) is 0 Å². The van der Waals surface area contributed by atoms with E-state index in [-0.39, 0.29) is 6.54 Å². The van der Waals surface area contributed by atoms with Crippen LogP contribution in [0.5, 0.6) is 5.75 Å². The normalized spacial score (nSPS) is 14.0. The van der Waals surface area contributed by atoms with Gasteiger partial charge in [-0.05, 0) is 29.1 Å². The molecule has 0 fully saturated rings. The average Bonchev–Trinajstić information content (AvgIpc) is 3.02. The molecule has 2 atom stereocenters. The van der Waals surface area contributed by atoms with Gasteiger partial charge < -0.3 is 10.5 Å². The summed E-state index contributed by atoms with van der Waals surface area (Å²) in [5.74, 6) is 0.693. The van der Waals surface area contributed by atoms with Crippen molar-refractivity contribution < 1.29 is 9.13 Å². The fourth-order valence-corrected chi connectivity index (χ4v) is 3.13. The Morgan fingerprint density at radius 2 is 1.86 bits per heavy atom. The lowest BCUT2D eigenvalue weighted by atomic mass is 10.0. The van der Waals surface area contributed by atoms with E-state index in [1.54, 1.807) is 11.3 Å². The molecule has 0 unspecified atom stereocenters. The second-order valence-corrected chi connectivity index (χ2v) is 5.74. The van der Waals surface area contributed by atoms with E-state index in [0.29, 0.717) is 5.75 Å². The van der Waals surface area contributed by atoms with Crippen molar-refractivity contribution in [1.82, 2.24) is 0 Å². The van der Waals surface area contributed by atoms with Crippen LogP contribution in [0.15, 0.2) is 60.0 Å². The Hall–Kier alpha value is -1.91. The van der Waals surface area contributed by atoms with Gasteiger partial charge in [0.1, 0.15) is 5.75 Å². The summed E-state index contributed by atoms with van der Waals surface area (Å²) in [6.07, 6.45) is -1.94. The number of nitrogens with two attached hydrogens (primary N) is 1. The highest BCUT2D eigenvalue weighted by Crippen LogP contribution is 2.34. The molecule has 21 heavy (non-hydrogen) atoms. The van der Waals surface area contributed by atoms with Gasteiger partial charge in [-0.1, -0.05) is 36.4 Å². The number of alkyl halides is 1. The summed E-state index contributed by atoms with van der Waals surface area (Å²) >= 11 is 1.64. The third-order valence-electron chi connectivity index (χ3n) is 3.39. The average molecular weight is 301 g/mol. The lowest BCUT2D eigenvalue weighted by Gasteiger charge is -2.22. The van der Waals surface area contributed by atoms with Crippen LogP contribution < -0.4 is 10.5 Å². The molecule has 4 heteroatoms. The topological polar surface area (TPSA) is 35.2 Å². The van der Waals surface area contributed by atoms with Crippen molar-refractivity contribution in [3.05, 3.63) is 65.5 Å². The van der Waals surface area contributed by atoms with Gasteiger partial charge in [-0.25, -0.2) is 4.39 Å². The Bertz CT molecular complexity index is 713. The molecular weight excluding hydrogens is 285 g/mol. The number of rotatable bonds is 5. The number of hydrogen-bond donors (Lipinski definition) is 1. The molecule has 1 aromatic heterocycles. The van der Waals surface area contributed by atoms with E-state index in [0.717, 1.165) is 15.6 Å². The van der Waals surface area contributed by atoms with Crippen LogP contribution in [-0.4, -0.2) is 12.7 Å². The molecule has 108 valence electrons. The zero-order valence-electron chi connectivity index (χ0n) is 11.4. The summed E-state index contributed by atoms with van der Waals surface area (Å²) in [5, 5.41) is 3.01. The summed E-state index contributed by atoms with van der Waals surface area (Å²) in [6, 6.07) is 17.2. The molecule has 0 radical (unpaired) electrons. The first kappa shape index (κ1) is 14.0. The van der Waals surface area contributed by atoms with Crippen molar-refractivity contribution in [2.24, 2.45) is 5.73 Å². The van der Waals surface area contributed by atoms with E-state index in [2.05, 4.69) is 0 Å². The van der Waals surface area contributed by atoms with Crippen LogP contribution >= 0.6 is 11.3 Å². The molecule has 0 saturated carbocycles. The van der Waals surface area contributed by atoms with E-state index in [1.165, 1.54) is 0 Å². The number of thiophene rings is 1. The van der Waals surface area contributed by atoms with Gasteiger partial charge in [-0.2, -0.15) is 0 Å². The van der Waals surface area contributed by atoms with Crippen LogP contribution in [0.2, 0.25) is 0 Å². The maximum atomic E-state index is 14.2. The van der Waals surface area contributed by atoms with Crippen LogP contribution in [0.1, 0.15) is 11.7 Å². The third-order valence-corrected chi connectivity index (χ3v) is 4.27. The first-order chi connectivity index (χ1) is 10.3. The lowest BCUT2D eigenvalue weighted by molar-refractivity contribution is 0.106. The number of halogens is 1. The second kappa shape index (κ2) is 6.24. The van der Waals surface area contributed by atoms with Gasteiger partial charge >= 0.3 is 0 Å². The van der Waals surface area contributed by atoms with Crippen LogP contribution in [0, 0.1) is 0 Å². The lowest BCUT2D eigenvalue weighted by Crippen LogP contribution is -2.27. The van der Waals surface area contributed by atoms with E-state index in [4.69, 9.17) is 10.5 Å². The highest BCUT2D eigenvalue weighted by Gasteiger charge is 2.24. The van der Waals surface area contributed by atoms with Gasteiger partial charge in [0.2, 0.25) is 0 Å². The summed E-state index contributed by atoms with van der Waals surface area (Å²) in [6.45, 7) is -0.0703. The molecule has 3 rings (SSSR count). The maximum absolute atomic E-state index is 14.2. The number of benzene rings is 2. The van der Waals surface area contributed by atoms with Gasteiger partial charge in [0.25, 0.3) is 0 Å². The quantitative estimate of drug-likeness (QED) is 0.762. The molecule has 2 aromatic carbocycles. The first-order valence-electron chi connectivity index (χ1n) is 6.81. The highest BCUT2D eigenvalue weighted by molar-refractivity contribution is 7.17. The molecule has 1 heterocycles. The molecule has 0 aliphatic rings. The predicted octanol–water partition coefficient (Wildman–Crippen LogP) is 4.32. The minimum Gasteiger partial charge on any atom is -0.482 e. The van der Waals surface area contributed by atoms with Gasteiger partial charge in [0.05, 0.1) is 0 Å². The van der Waals surface area contributed by atoms with Crippen LogP contribution in [0.4, 0.5) is 4.39 Å². The summed E-state index contributed by atoms with van der Waals surface area (Å²) < 4.78 is 21.4. The summed E-state index contributed by atoms with van der Waals surface area (Å²) in [4.78, 5) is 0. The summed E-state index contributed by atoms with van der Waals surface area (Å²) in [5.41, 5.74) is 6.30. The smallest absolute Gasteiger partial charge is 0.156 e. The Labute approximate surface area is 127 Å².